The van der Waals surface area contributed by atoms with Crippen LogP contribution in [0.3, 0.4) is 0 Å². The molecule has 4 rings (SSSR count). The van der Waals surface area contributed by atoms with Crippen LogP contribution in [0.5, 0.6) is 5.75 Å². The SMILES string of the molecule is Cn1c(/C=C2/SC(=S)N(NC(=O)c3ccc(O)cc3)C2=O)cc2ccccc21. The molecule has 8 heteroatoms. The Bertz CT molecular complexity index is 1150. The number of hydrazine groups is 1. The van der Waals surface area contributed by atoms with Gasteiger partial charge < -0.3 is 9.67 Å². The molecule has 1 aromatic heterocycles. The number of phenols is 1. The van der Waals surface area contributed by atoms with E-state index in [1.807, 2.05) is 41.9 Å². The maximum atomic E-state index is 12.8. The summed E-state index contributed by atoms with van der Waals surface area (Å²) in [6.07, 6.45) is 1.77. The minimum absolute atomic E-state index is 0.0556. The van der Waals surface area contributed by atoms with Crippen LogP contribution in [0.15, 0.2) is 59.5 Å². The van der Waals surface area contributed by atoms with Gasteiger partial charge in [0.25, 0.3) is 11.8 Å². The zero-order chi connectivity index (χ0) is 19.8. The quantitative estimate of drug-likeness (QED) is 0.512. The van der Waals surface area contributed by atoms with E-state index in [4.69, 9.17) is 12.2 Å². The molecule has 6 nitrogen and oxygen atoms in total. The Balaban J connectivity index is 1.58. The third kappa shape index (κ3) is 3.28. The van der Waals surface area contributed by atoms with Crippen LogP contribution in [0, 0.1) is 0 Å². The fraction of sp³-hybridized carbons (Fsp3) is 0.0500. The van der Waals surface area contributed by atoms with Crippen LogP contribution in [0.1, 0.15) is 16.1 Å². The monoisotopic (exact) mass is 409 g/mol. The zero-order valence-corrected chi connectivity index (χ0v) is 16.4. The first-order valence-electron chi connectivity index (χ1n) is 8.36. The van der Waals surface area contributed by atoms with Gasteiger partial charge in [-0.3, -0.25) is 15.0 Å². The summed E-state index contributed by atoms with van der Waals surface area (Å²) in [6, 6.07) is 15.7. The number of phenolic OH excluding ortho intramolecular Hbond substituents is 1. The molecule has 1 aliphatic heterocycles. The first kappa shape index (κ1) is 18.3. The number of hydrogen-bond donors (Lipinski definition) is 2. The second-order valence-corrected chi connectivity index (χ2v) is 7.87. The molecule has 140 valence electrons. The van der Waals surface area contributed by atoms with Crippen molar-refractivity contribution in [2.75, 3.05) is 0 Å². The van der Waals surface area contributed by atoms with Gasteiger partial charge in [0.05, 0.1) is 4.91 Å². The molecule has 2 aromatic carbocycles. The summed E-state index contributed by atoms with van der Waals surface area (Å²) in [7, 11) is 1.93. The lowest BCUT2D eigenvalue weighted by atomic mass is 10.2. The van der Waals surface area contributed by atoms with Gasteiger partial charge in [0.15, 0.2) is 4.32 Å². The molecular formula is C20H15N3O3S2. The van der Waals surface area contributed by atoms with E-state index in [0.717, 1.165) is 33.4 Å². The van der Waals surface area contributed by atoms with Crippen LogP contribution in [0.4, 0.5) is 0 Å². The van der Waals surface area contributed by atoms with Gasteiger partial charge in [0, 0.05) is 29.2 Å². The van der Waals surface area contributed by atoms with E-state index >= 15 is 0 Å². The van der Waals surface area contributed by atoms with Crippen LogP contribution in [-0.2, 0) is 11.8 Å². The summed E-state index contributed by atoms with van der Waals surface area (Å²) >= 11 is 6.40. The second kappa shape index (κ2) is 7.14. The van der Waals surface area contributed by atoms with Crippen molar-refractivity contribution in [3.63, 3.8) is 0 Å². The molecule has 0 spiro atoms. The maximum Gasteiger partial charge on any atom is 0.285 e. The zero-order valence-electron chi connectivity index (χ0n) is 14.7. The molecule has 1 fully saturated rings. The van der Waals surface area contributed by atoms with Crippen LogP contribution in [-0.4, -0.2) is 30.8 Å². The number of thiocarbonyl (C=S) groups is 1. The molecule has 2 N–H and O–H groups in total. The molecule has 1 saturated heterocycles. The van der Waals surface area contributed by atoms with Crippen LogP contribution < -0.4 is 5.43 Å². The van der Waals surface area contributed by atoms with Crippen LogP contribution in [0.2, 0.25) is 0 Å². The van der Waals surface area contributed by atoms with Crippen molar-refractivity contribution in [3.8, 4) is 5.75 Å². The van der Waals surface area contributed by atoms with Gasteiger partial charge in [-0.05, 0) is 54.7 Å². The number of aromatic nitrogens is 1. The number of fused-ring (bicyclic) bond motifs is 1. The van der Waals surface area contributed by atoms with Crippen molar-refractivity contribution in [3.05, 3.63) is 70.8 Å². The number of carbonyl (C=O) groups is 2. The lowest BCUT2D eigenvalue weighted by molar-refractivity contribution is -0.123. The molecule has 3 aromatic rings. The van der Waals surface area contributed by atoms with E-state index in [2.05, 4.69) is 5.43 Å². The van der Waals surface area contributed by atoms with E-state index in [0.29, 0.717) is 10.5 Å². The van der Waals surface area contributed by atoms with Crippen molar-refractivity contribution in [2.45, 2.75) is 0 Å². The summed E-state index contributed by atoms with van der Waals surface area (Å²) in [4.78, 5) is 25.5. The number of carbonyl (C=O) groups excluding carboxylic acids is 2. The lowest BCUT2D eigenvalue weighted by Crippen LogP contribution is -2.44. The molecule has 0 radical (unpaired) electrons. The number of nitrogens with one attached hydrogen (secondary N) is 1. The Labute approximate surface area is 170 Å². The first-order valence-corrected chi connectivity index (χ1v) is 9.59. The second-order valence-electron chi connectivity index (χ2n) is 6.19. The van der Waals surface area contributed by atoms with Crippen LogP contribution >= 0.6 is 24.0 Å². The topological polar surface area (TPSA) is 74.6 Å². The van der Waals surface area contributed by atoms with Crippen LogP contribution in [0.25, 0.3) is 17.0 Å². The minimum Gasteiger partial charge on any atom is -0.508 e. The number of thioether (sulfide) groups is 1. The molecule has 0 unspecified atom stereocenters. The number of nitrogens with zero attached hydrogens (tertiary/aromatic N) is 2. The fourth-order valence-corrected chi connectivity index (χ4v) is 4.09. The van der Waals surface area contributed by atoms with Crippen molar-refractivity contribution in [1.29, 1.82) is 0 Å². The maximum absolute atomic E-state index is 12.8. The van der Waals surface area contributed by atoms with Gasteiger partial charge in [0.2, 0.25) is 0 Å². The number of hydrogen-bond acceptors (Lipinski definition) is 5. The smallest absolute Gasteiger partial charge is 0.285 e. The molecule has 0 bridgehead atoms. The van der Waals surface area contributed by atoms with Crippen molar-refractivity contribution < 1.29 is 14.7 Å². The molecule has 28 heavy (non-hydrogen) atoms. The van der Waals surface area contributed by atoms with Gasteiger partial charge in [0.1, 0.15) is 5.75 Å². The number of amides is 2. The van der Waals surface area contributed by atoms with Gasteiger partial charge in [-0.1, -0.05) is 30.0 Å². The molecule has 0 atom stereocenters. The highest BCUT2D eigenvalue weighted by Crippen LogP contribution is 2.32. The number of rotatable bonds is 3. The fourth-order valence-electron chi connectivity index (χ4n) is 2.93. The average Bonchev–Trinajstić information content (AvgIpc) is 3.14. The summed E-state index contributed by atoms with van der Waals surface area (Å²) in [6.45, 7) is 0. The summed E-state index contributed by atoms with van der Waals surface area (Å²) < 4.78 is 2.25. The normalized spacial score (nSPS) is 15.6. The van der Waals surface area contributed by atoms with E-state index in [-0.39, 0.29) is 16.0 Å². The number of para-hydroxylation sites is 1. The third-order valence-corrected chi connectivity index (χ3v) is 5.71. The predicted molar refractivity (Wildman–Crippen MR) is 114 cm³/mol. The standard InChI is InChI=1S/C20H15N3O3S2/c1-22-14(10-13-4-2-3-5-16(13)22)11-17-19(26)23(20(27)28-17)21-18(25)12-6-8-15(24)9-7-12/h2-11,24H,1H3,(H,21,25)/b17-11+. The van der Waals surface area contributed by atoms with Gasteiger partial charge in [-0.25, -0.2) is 0 Å². The largest absolute Gasteiger partial charge is 0.508 e. The predicted octanol–water partition coefficient (Wildman–Crippen LogP) is 3.43. The van der Waals surface area contributed by atoms with E-state index in [1.54, 1.807) is 6.08 Å². The third-order valence-electron chi connectivity index (χ3n) is 4.40. The summed E-state index contributed by atoms with van der Waals surface area (Å²) in [5, 5.41) is 11.5. The van der Waals surface area contributed by atoms with E-state index in [9.17, 15) is 14.7 Å². The van der Waals surface area contributed by atoms with Gasteiger partial charge >= 0.3 is 0 Å². The lowest BCUT2D eigenvalue weighted by Gasteiger charge is -2.15. The number of benzene rings is 2. The highest BCUT2D eigenvalue weighted by Gasteiger charge is 2.34. The summed E-state index contributed by atoms with van der Waals surface area (Å²) in [5.74, 6) is -0.811. The molecular weight excluding hydrogens is 394 g/mol. The van der Waals surface area contributed by atoms with E-state index < -0.39 is 5.91 Å². The van der Waals surface area contributed by atoms with E-state index in [1.165, 1.54) is 24.3 Å². The Morgan fingerprint density at radius 2 is 1.89 bits per heavy atom. The highest BCUT2D eigenvalue weighted by atomic mass is 32.2. The molecule has 2 heterocycles. The number of aryl methyl sites for hydroxylation is 1. The Hall–Kier alpha value is -3.10. The molecule has 0 saturated carbocycles. The van der Waals surface area contributed by atoms with Crippen molar-refractivity contribution in [2.24, 2.45) is 7.05 Å². The van der Waals surface area contributed by atoms with Crippen molar-refractivity contribution in [1.82, 2.24) is 15.0 Å². The Morgan fingerprint density at radius 3 is 2.61 bits per heavy atom. The number of aromatic hydroxyl groups is 1. The molecule has 2 amide bonds. The molecule has 0 aliphatic carbocycles. The Morgan fingerprint density at radius 1 is 1.18 bits per heavy atom. The van der Waals surface area contributed by atoms with Gasteiger partial charge in [-0.15, -0.1) is 0 Å². The first-order chi connectivity index (χ1) is 13.4. The Kier molecular flexibility index (Phi) is 4.66. The summed E-state index contributed by atoms with van der Waals surface area (Å²) in [5.41, 5.74) is 4.76. The molecule has 1 aliphatic rings. The van der Waals surface area contributed by atoms with Gasteiger partial charge in [-0.2, -0.15) is 5.01 Å². The van der Waals surface area contributed by atoms with Crippen molar-refractivity contribution >= 4 is 57.1 Å². The minimum atomic E-state index is -0.484. The highest BCUT2D eigenvalue weighted by molar-refractivity contribution is 8.26. The average molecular weight is 409 g/mol.